The predicted molar refractivity (Wildman–Crippen MR) is 85.8 cm³/mol. The zero-order chi connectivity index (χ0) is 13.3. The van der Waals surface area contributed by atoms with Crippen LogP contribution in [0.5, 0.6) is 0 Å². The predicted octanol–water partition coefficient (Wildman–Crippen LogP) is 6.20. The van der Waals surface area contributed by atoms with Crippen LogP contribution in [0, 0.1) is 13.8 Å². The molecule has 0 aliphatic heterocycles. The highest BCUT2D eigenvalue weighted by Crippen LogP contribution is 2.35. The molecule has 0 spiro atoms. The van der Waals surface area contributed by atoms with Gasteiger partial charge in [0.25, 0.3) is 0 Å². The van der Waals surface area contributed by atoms with Gasteiger partial charge in [0, 0.05) is 4.47 Å². The van der Waals surface area contributed by atoms with Gasteiger partial charge in [-0.25, -0.2) is 0 Å². The van der Waals surface area contributed by atoms with Crippen molar-refractivity contribution in [1.82, 2.24) is 0 Å². The summed E-state index contributed by atoms with van der Waals surface area (Å²) in [7, 11) is 0. The average molecular weight is 389 g/mol. The molecule has 2 aromatic rings. The highest BCUT2D eigenvalue weighted by molar-refractivity contribution is 9.10. The quantitative estimate of drug-likeness (QED) is 0.537. The van der Waals surface area contributed by atoms with E-state index in [1.54, 1.807) is 0 Å². The Hall–Kier alpha value is -0.310. The number of aryl methyl sites for hydroxylation is 2. The zero-order valence-electron chi connectivity index (χ0n) is 10.2. The van der Waals surface area contributed by atoms with Crippen LogP contribution in [-0.2, 0) is 0 Å². The molecule has 94 valence electrons. The second-order valence-electron chi connectivity index (χ2n) is 4.40. The Labute approximate surface area is 130 Å². The van der Waals surface area contributed by atoms with Crippen LogP contribution in [0.15, 0.2) is 40.9 Å². The lowest BCUT2D eigenvalue weighted by Crippen LogP contribution is -1.96. The summed E-state index contributed by atoms with van der Waals surface area (Å²) >= 11 is 13.2. The molecule has 0 N–H and O–H groups in total. The van der Waals surface area contributed by atoms with Crippen molar-refractivity contribution >= 4 is 43.5 Å². The highest BCUT2D eigenvalue weighted by Gasteiger charge is 2.13. The summed E-state index contributed by atoms with van der Waals surface area (Å²) in [6.45, 7) is 4.25. The summed E-state index contributed by atoms with van der Waals surface area (Å²) in [5, 5.41) is 0.735. The topological polar surface area (TPSA) is 0 Å². The van der Waals surface area contributed by atoms with Gasteiger partial charge in [0.1, 0.15) is 0 Å². The third-order valence-corrected chi connectivity index (χ3v) is 5.17. The van der Waals surface area contributed by atoms with Crippen molar-refractivity contribution in [3.05, 3.63) is 68.1 Å². The van der Waals surface area contributed by atoms with Crippen molar-refractivity contribution in [2.24, 2.45) is 0 Å². The van der Waals surface area contributed by atoms with Gasteiger partial charge < -0.3 is 0 Å². The van der Waals surface area contributed by atoms with Gasteiger partial charge in [-0.2, -0.15) is 0 Å². The van der Waals surface area contributed by atoms with Crippen molar-refractivity contribution < 1.29 is 0 Å². The molecule has 0 heterocycles. The van der Waals surface area contributed by atoms with Gasteiger partial charge in [-0.05, 0) is 58.6 Å². The first-order valence-electron chi connectivity index (χ1n) is 5.65. The molecule has 2 rings (SSSR count). The van der Waals surface area contributed by atoms with Gasteiger partial charge >= 0.3 is 0 Å². The molecule has 0 saturated heterocycles. The normalized spacial score (nSPS) is 12.5. The number of hydrogen-bond acceptors (Lipinski definition) is 0. The first-order valence-corrected chi connectivity index (χ1v) is 7.74. The molecule has 3 heteroatoms. The molecule has 0 amide bonds. The van der Waals surface area contributed by atoms with E-state index in [-0.39, 0.29) is 4.83 Å². The van der Waals surface area contributed by atoms with Crippen molar-refractivity contribution in [1.29, 1.82) is 0 Å². The second kappa shape index (κ2) is 5.77. The van der Waals surface area contributed by atoms with Crippen LogP contribution >= 0.6 is 43.5 Å². The molecule has 2 aromatic carbocycles. The summed E-state index contributed by atoms with van der Waals surface area (Å²) in [6, 6.07) is 12.5. The van der Waals surface area contributed by atoms with Gasteiger partial charge in [-0.1, -0.05) is 57.4 Å². The number of benzene rings is 2. The summed E-state index contributed by atoms with van der Waals surface area (Å²) in [4.78, 5) is 0.187. The molecular formula is C15H13Br2Cl. The Bertz CT molecular complexity index is 579. The van der Waals surface area contributed by atoms with Crippen LogP contribution in [0.1, 0.15) is 27.1 Å². The summed E-state index contributed by atoms with van der Waals surface area (Å²) < 4.78 is 0.927. The molecule has 1 atom stereocenters. The molecule has 0 aromatic heterocycles. The van der Waals surface area contributed by atoms with E-state index in [1.165, 1.54) is 22.3 Å². The standard InChI is InChI=1S/C15H13Br2Cl/c1-9-3-5-12(10(2)7-9)15(17)11-4-6-14(18)13(16)8-11/h3-8,15H,1-2H3. The average Bonchev–Trinajstić information content (AvgIpc) is 2.32. The van der Waals surface area contributed by atoms with E-state index >= 15 is 0 Å². The Morgan fingerprint density at radius 2 is 1.78 bits per heavy atom. The van der Waals surface area contributed by atoms with E-state index in [0.717, 1.165) is 9.50 Å². The number of halogens is 3. The Morgan fingerprint density at radius 3 is 2.39 bits per heavy atom. The number of hydrogen-bond donors (Lipinski definition) is 0. The first-order chi connectivity index (χ1) is 8.49. The van der Waals surface area contributed by atoms with Gasteiger partial charge in [0.2, 0.25) is 0 Å². The Balaban J connectivity index is 2.41. The van der Waals surface area contributed by atoms with Crippen LogP contribution < -0.4 is 0 Å². The van der Waals surface area contributed by atoms with Crippen LogP contribution in [0.25, 0.3) is 0 Å². The van der Waals surface area contributed by atoms with Crippen molar-refractivity contribution in [2.75, 3.05) is 0 Å². The lowest BCUT2D eigenvalue weighted by molar-refractivity contribution is 1.13. The fourth-order valence-electron chi connectivity index (χ4n) is 1.96. The van der Waals surface area contributed by atoms with Crippen LogP contribution in [0.4, 0.5) is 0 Å². The summed E-state index contributed by atoms with van der Waals surface area (Å²) in [5.74, 6) is 0. The van der Waals surface area contributed by atoms with Gasteiger partial charge in [-0.3, -0.25) is 0 Å². The monoisotopic (exact) mass is 386 g/mol. The SMILES string of the molecule is Cc1ccc(C(Br)c2ccc(Cl)c(Br)c2)c(C)c1. The molecule has 1 unspecified atom stereocenters. The molecule has 0 bridgehead atoms. The van der Waals surface area contributed by atoms with E-state index < -0.39 is 0 Å². The molecule has 0 radical (unpaired) electrons. The summed E-state index contributed by atoms with van der Waals surface area (Å²) in [6.07, 6.45) is 0. The maximum atomic E-state index is 6.02. The van der Waals surface area contributed by atoms with Gasteiger partial charge in [-0.15, -0.1) is 0 Å². The molecule has 0 aliphatic carbocycles. The van der Waals surface area contributed by atoms with E-state index in [1.807, 2.05) is 12.1 Å². The van der Waals surface area contributed by atoms with Crippen molar-refractivity contribution in [3.63, 3.8) is 0 Å². The van der Waals surface area contributed by atoms with Crippen molar-refractivity contribution in [3.8, 4) is 0 Å². The Kier molecular flexibility index (Phi) is 4.52. The van der Waals surface area contributed by atoms with Crippen LogP contribution in [0.2, 0.25) is 5.02 Å². The minimum absolute atomic E-state index is 0.187. The zero-order valence-corrected chi connectivity index (χ0v) is 14.1. The number of rotatable bonds is 2. The van der Waals surface area contributed by atoms with E-state index in [0.29, 0.717) is 0 Å². The highest BCUT2D eigenvalue weighted by atomic mass is 79.9. The summed E-state index contributed by atoms with van der Waals surface area (Å²) in [5.41, 5.74) is 5.06. The second-order valence-corrected chi connectivity index (χ2v) is 6.57. The number of alkyl halides is 1. The fourth-order valence-corrected chi connectivity index (χ4v) is 3.27. The third-order valence-electron chi connectivity index (χ3n) is 2.93. The maximum absolute atomic E-state index is 6.02. The van der Waals surface area contributed by atoms with Crippen LogP contribution in [-0.4, -0.2) is 0 Å². The smallest absolute Gasteiger partial charge is 0.0647 e. The van der Waals surface area contributed by atoms with Gasteiger partial charge in [0.15, 0.2) is 0 Å². The van der Waals surface area contributed by atoms with E-state index in [9.17, 15) is 0 Å². The molecule has 0 nitrogen and oxygen atoms in total. The Morgan fingerprint density at radius 1 is 1.06 bits per heavy atom. The maximum Gasteiger partial charge on any atom is 0.0647 e. The van der Waals surface area contributed by atoms with E-state index in [2.05, 4.69) is 70.0 Å². The molecule has 0 aliphatic rings. The van der Waals surface area contributed by atoms with Crippen molar-refractivity contribution in [2.45, 2.75) is 18.7 Å². The molecule has 0 fully saturated rings. The third kappa shape index (κ3) is 2.98. The largest absolute Gasteiger partial charge is 0.0831 e. The minimum Gasteiger partial charge on any atom is -0.0831 e. The molecule has 18 heavy (non-hydrogen) atoms. The van der Waals surface area contributed by atoms with Crippen LogP contribution in [0.3, 0.4) is 0 Å². The van der Waals surface area contributed by atoms with E-state index in [4.69, 9.17) is 11.6 Å². The first kappa shape index (κ1) is 14.1. The molecular weight excluding hydrogens is 375 g/mol. The fraction of sp³-hybridized carbons (Fsp3) is 0.200. The minimum atomic E-state index is 0.187. The lowest BCUT2D eigenvalue weighted by Gasteiger charge is -2.15. The molecule has 0 saturated carbocycles. The lowest BCUT2D eigenvalue weighted by atomic mass is 9.99. The van der Waals surface area contributed by atoms with Gasteiger partial charge in [0.05, 0.1) is 9.85 Å².